The normalized spacial score (nSPS) is 11.8. The van der Waals surface area contributed by atoms with E-state index in [0.29, 0.717) is 27.0 Å². The molecule has 0 saturated heterocycles. The van der Waals surface area contributed by atoms with Crippen LogP contribution in [0.25, 0.3) is 39.4 Å². The van der Waals surface area contributed by atoms with Crippen LogP contribution >= 0.6 is 11.6 Å². The number of fused-ring (bicyclic) bond motifs is 1. The summed E-state index contributed by atoms with van der Waals surface area (Å²) in [7, 11) is 0. The Morgan fingerprint density at radius 3 is 2.33 bits per heavy atom. The van der Waals surface area contributed by atoms with Gasteiger partial charge in [-0.1, -0.05) is 53.2 Å². The highest BCUT2D eigenvalue weighted by molar-refractivity contribution is 6.30. The van der Waals surface area contributed by atoms with Crippen LogP contribution in [0, 0.1) is 0 Å². The predicted octanol–water partition coefficient (Wildman–Crippen LogP) is 5.77. The van der Waals surface area contributed by atoms with E-state index in [1.54, 1.807) is 48.5 Å². The lowest BCUT2D eigenvalue weighted by Gasteiger charge is -2.09. The molecule has 0 aliphatic heterocycles. The number of hydrogen-bond donors (Lipinski definition) is 0. The van der Waals surface area contributed by atoms with Crippen molar-refractivity contribution in [2.24, 2.45) is 0 Å². The van der Waals surface area contributed by atoms with Crippen molar-refractivity contribution in [1.82, 2.24) is 19.9 Å². The Morgan fingerprint density at radius 1 is 0.909 bits per heavy atom. The van der Waals surface area contributed by atoms with Gasteiger partial charge in [-0.3, -0.25) is 4.79 Å². The van der Waals surface area contributed by atoms with Crippen molar-refractivity contribution in [3.63, 3.8) is 0 Å². The van der Waals surface area contributed by atoms with Crippen LogP contribution in [0.15, 0.2) is 82.1 Å². The van der Waals surface area contributed by atoms with E-state index in [9.17, 15) is 18.0 Å². The van der Waals surface area contributed by atoms with Crippen LogP contribution < -0.4 is 5.56 Å². The van der Waals surface area contributed by atoms with Crippen molar-refractivity contribution in [3.8, 4) is 28.7 Å². The number of alkyl halides is 3. The molecule has 5 aromatic rings. The molecule has 33 heavy (non-hydrogen) atoms. The number of nitrogens with zero attached hydrogens (tertiary/aromatic N) is 4. The summed E-state index contributed by atoms with van der Waals surface area (Å²) in [4.78, 5) is 17.4. The molecule has 0 unspecified atom stereocenters. The molecule has 3 aromatic carbocycles. The van der Waals surface area contributed by atoms with Gasteiger partial charge in [0.15, 0.2) is 5.69 Å². The average molecular weight is 469 g/mol. The Balaban J connectivity index is 1.64. The maximum Gasteiger partial charge on any atom is 0.416 e. The van der Waals surface area contributed by atoms with E-state index in [1.807, 2.05) is 0 Å². The molecule has 0 bridgehead atoms. The molecular formula is C23H12ClF3N4O2. The van der Waals surface area contributed by atoms with E-state index >= 15 is 0 Å². The molecule has 164 valence electrons. The standard InChI is InChI=1S/C23H12ClF3N4O2/c24-15-4-3-5-16(12-15)31-22(32)18-7-2-1-6-17(18)19(29-31)21-28-20(30-33-21)13-8-10-14(11-9-13)23(25,26)27/h1-12H. The fourth-order valence-electron chi connectivity index (χ4n) is 3.38. The van der Waals surface area contributed by atoms with Crippen molar-refractivity contribution in [3.05, 3.63) is 93.7 Å². The van der Waals surface area contributed by atoms with Crippen molar-refractivity contribution in [1.29, 1.82) is 0 Å². The van der Waals surface area contributed by atoms with Gasteiger partial charge in [-0.05, 0) is 36.4 Å². The summed E-state index contributed by atoms with van der Waals surface area (Å²) in [6.07, 6.45) is -4.45. The van der Waals surface area contributed by atoms with E-state index in [2.05, 4.69) is 15.2 Å². The molecule has 0 N–H and O–H groups in total. The molecular weight excluding hydrogens is 457 g/mol. The van der Waals surface area contributed by atoms with Crippen molar-refractivity contribution in [2.45, 2.75) is 6.18 Å². The minimum Gasteiger partial charge on any atom is -0.332 e. The Hall–Kier alpha value is -3.98. The first-order valence-corrected chi connectivity index (χ1v) is 9.99. The maximum absolute atomic E-state index is 13.1. The molecule has 2 aromatic heterocycles. The molecule has 0 amide bonds. The second kappa shape index (κ2) is 7.86. The first-order chi connectivity index (χ1) is 15.8. The molecule has 0 radical (unpaired) electrons. The summed E-state index contributed by atoms with van der Waals surface area (Å²) in [5.74, 6) is 0.0991. The van der Waals surface area contributed by atoms with Gasteiger partial charge in [0.1, 0.15) is 0 Å². The third-order valence-electron chi connectivity index (χ3n) is 4.96. The molecule has 0 aliphatic rings. The fourth-order valence-corrected chi connectivity index (χ4v) is 3.56. The van der Waals surface area contributed by atoms with Gasteiger partial charge < -0.3 is 4.52 Å². The smallest absolute Gasteiger partial charge is 0.332 e. The Morgan fingerprint density at radius 2 is 1.64 bits per heavy atom. The van der Waals surface area contributed by atoms with Gasteiger partial charge in [0.2, 0.25) is 5.82 Å². The molecule has 6 nitrogen and oxygen atoms in total. The largest absolute Gasteiger partial charge is 0.416 e. The number of rotatable bonds is 3. The highest BCUT2D eigenvalue weighted by Crippen LogP contribution is 2.31. The quantitative estimate of drug-likeness (QED) is 0.336. The lowest BCUT2D eigenvalue weighted by Crippen LogP contribution is -2.22. The summed E-state index contributed by atoms with van der Waals surface area (Å²) in [6, 6.07) is 17.8. The summed E-state index contributed by atoms with van der Waals surface area (Å²) < 4.78 is 45.1. The Labute approximate surface area is 188 Å². The molecule has 0 aliphatic carbocycles. The van der Waals surface area contributed by atoms with Crippen LogP contribution in [-0.2, 0) is 6.18 Å². The highest BCUT2D eigenvalue weighted by atomic mass is 35.5. The molecule has 0 fully saturated rings. The van der Waals surface area contributed by atoms with Crippen LogP contribution in [0.5, 0.6) is 0 Å². The SMILES string of the molecule is O=c1c2ccccc2c(-c2nc(-c3ccc(C(F)(F)F)cc3)no2)nn1-c1cccc(Cl)c1. The molecule has 5 rings (SSSR count). The number of aromatic nitrogens is 4. The van der Waals surface area contributed by atoms with E-state index in [0.717, 1.165) is 12.1 Å². The van der Waals surface area contributed by atoms with Gasteiger partial charge in [-0.25, -0.2) is 0 Å². The molecule has 10 heteroatoms. The first-order valence-electron chi connectivity index (χ1n) is 9.61. The fraction of sp³-hybridized carbons (Fsp3) is 0.0435. The molecule has 2 heterocycles. The van der Waals surface area contributed by atoms with Gasteiger partial charge in [0, 0.05) is 16.0 Å². The zero-order valence-electron chi connectivity index (χ0n) is 16.5. The number of benzene rings is 3. The minimum atomic E-state index is -4.45. The van der Waals surface area contributed by atoms with E-state index < -0.39 is 11.7 Å². The van der Waals surface area contributed by atoms with Crippen LogP contribution in [-0.4, -0.2) is 19.9 Å². The lowest BCUT2D eigenvalue weighted by atomic mass is 10.1. The van der Waals surface area contributed by atoms with Crippen molar-refractivity contribution < 1.29 is 17.7 Å². The van der Waals surface area contributed by atoms with Crippen molar-refractivity contribution in [2.75, 3.05) is 0 Å². The third-order valence-corrected chi connectivity index (χ3v) is 5.19. The zero-order chi connectivity index (χ0) is 23.2. The molecule has 0 spiro atoms. The third kappa shape index (κ3) is 3.87. The number of hydrogen-bond acceptors (Lipinski definition) is 5. The summed E-state index contributed by atoms with van der Waals surface area (Å²) >= 11 is 6.08. The topological polar surface area (TPSA) is 73.8 Å². The lowest BCUT2D eigenvalue weighted by molar-refractivity contribution is -0.137. The first kappa shape index (κ1) is 20.9. The summed E-state index contributed by atoms with van der Waals surface area (Å²) in [5.41, 5.74) is -0.112. The van der Waals surface area contributed by atoms with Gasteiger partial charge in [0.05, 0.1) is 16.6 Å². The average Bonchev–Trinajstić information content (AvgIpc) is 3.29. The van der Waals surface area contributed by atoms with Crippen LogP contribution in [0.2, 0.25) is 5.02 Å². The van der Waals surface area contributed by atoms with Gasteiger partial charge in [-0.2, -0.15) is 27.9 Å². The monoisotopic (exact) mass is 468 g/mol. The van der Waals surface area contributed by atoms with Crippen molar-refractivity contribution >= 4 is 22.4 Å². The molecule has 0 atom stereocenters. The second-order valence-corrected chi connectivity index (χ2v) is 7.53. The number of halogens is 4. The van der Waals surface area contributed by atoms with E-state index in [1.165, 1.54) is 16.8 Å². The Kier molecular flexibility index (Phi) is 4.98. The van der Waals surface area contributed by atoms with Crippen LogP contribution in [0.3, 0.4) is 0 Å². The summed E-state index contributed by atoms with van der Waals surface area (Å²) in [5, 5.41) is 9.61. The summed E-state index contributed by atoms with van der Waals surface area (Å²) in [6.45, 7) is 0. The van der Waals surface area contributed by atoms with Gasteiger partial charge >= 0.3 is 6.18 Å². The van der Waals surface area contributed by atoms with Crippen LogP contribution in [0.1, 0.15) is 5.56 Å². The van der Waals surface area contributed by atoms with E-state index in [4.69, 9.17) is 16.1 Å². The van der Waals surface area contributed by atoms with E-state index in [-0.39, 0.29) is 23.0 Å². The second-order valence-electron chi connectivity index (χ2n) is 7.09. The predicted molar refractivity (Wildman–Crippen MR) is 116 cm³/mol. The maximum atomic E-state index is 13.1. The van der Waals surface area contributed by atoms with Gasteiger partial charge in [-0.15, -0.1) is 0 Å². The zero-order valence-corrected chi connectivity index (χ0v) is 17.3. The van der Waals surface area contributed by atoms with Gasteiger partial charge in [0.25, 0.3) is 11.4 Å². The molecule has 0 saturated carbocycles. The highest BCUT2D eigenvalue weighted by Gasteiger charge is 2.30. The minimum absolute atomic E-state index is 0.0110. The Bertz CT molecular complexity index is 1540. The van der Waals surface area contributed by atoms with Crippen LogP contribution in [0.4, 0.5) is 13.2 Å².